The molecule has 0 saturated carbocycles. The molecule has 0 bridgehead atoms. The summed E-state index contributed by atoms with van der Waals surface area (Å²) in [5.41, 5.74) is 3.58. The van der Waals surface area contributed by atoms with Crippen LogP contribution in [0.5, 0.6) is 5.75 Å². The summed E-state index contributed by atoms with van der Waals surface area (Å²) in [5.74, 6) is 2.05. The number of nitrogens with zero attached hydrogens (tertiary/aromatic N) is 3. The van der Waals surface area contributed by atoms with E-state index in [1.807, 2.05) is 37.3 Å². The Morgan fingerprint density at radius 1 is 1.30 bits per heavy atom. The minimum absolute atomic E-state index is 0.0502. The van der Waals surface area contributed by atoms with E-state index in [0.717, 1.165) is 47.7 Å². The summed E-state index contributed by atoms with van der Waals surface area (Å²) >= 11 is 0. The van der Waals surface area contributed by atoms with Gasteiger partial charge in [-0.1, -0.05) is 17.3 Å². The molecule has 1 unspecified atom stereocenters. The largest absolute Gasteiger partial charge is 0.497 e. The highest BCUT2D eigenvalue weighted by molar-refractivity contribution is 5.61. The molecule has 27 heavy (non-hydrogen) atoms. The molecule has 0 radical (unpaired) electrons. The van der Waals surface area contributed by atoms with Crippen molar-refractivity contribution in [3.05, 3.63) is 53.5 Å². The Bertz CT molecular complexity index is 919. The molecule has 3 aromatic rings. The zero-order valence-electron chi connectivity index (χ0n) is 15.4. The van der Waals surface area contributed by atoms with E-state index in [4.69, 9.17) is 19.0 Å². The number of hydrogen-bond donors (Lipinski definition) is 1. The molecule has 1 aliphatic rings. The molecule has 1 aliphatic heterocycles. The SMILES string of the molecule is COc1cccc(CNc2ncc(-c3cc(C)no3)c(C3CCCO3)n2)c1. The van der Waals surface area contributed by atoms with E-state index in [1.165, 1.54) is 0 Å². The van der Waals surface area contributed by atoms with Gasteiger partial charge in [-0.15, -0.1) is 0 Å². The van der Waals surface area contributed by atoms with Crippen molar-refractivity contribution in [2.45, 2.75) is 32.4 Å². The van der Waals surface area contributed by atoms with Gasteiger partial charge in [-0.3, -0.25) is 0 Å². The Morgan fingerprint density at radius 2 is 2.22 bits per heavy atom. The molecule has 7 heteroatoms. The molecular formula is C20H22N4O3. The smallest absolute Gasteiger partial charge is 0.223 e. The van der Waals surface area contributed by atoms with Crippen LogP contribution in [0, 0.1) is 6.92 Å². The Balaban J connectivity index is 1.59. The molecule has 1 aromatic carbocycles. The number of benzene rings is 1. The van der Waals surface area contributed by atoms with Crippen molar-refractivity contribution in [3.63, 3.8) is 0 Å². The van der Waals surface area contributed by atoms with Gasteiger partial charge in [0.1, 0.15) is 11.9 Å². The lowest BCUT2D eigenvalue weighted by Gasteiger charge is -2.14. The fraction of sp³-hybridized carbons (Fsp3) is 0.350. The van der Waals surface area contributed by atoms with Crippen molar-refractivity contribution in [1.82, 2.24) is 15.1 Å². The highest BCUT2D eigenvalue weighted by atomic mass is 16.5. The van der Waals surface area contributed by atoms with Gasteiger partial charge in [-0.05, 0) is 37.5 Å². The van der Waals surface area contributed by atoms with Crippen LogP contribution in [0.2, 0.25) is 0 Å². The molecule has 1 saturated heterocycles. The zero-order chi connectivity index (χ0) is 18.6. The van der Waals surface area contributed by atoms with Crippen molar-refractivity contribution >= 4 is 5.95 Å². The maximum absolute atomic E-state index is 5.86. The summed E-state index contributed by atoms with van der Waals surface area (Å²) in [6.07, 6.45) is 3.69. The molecule has 7 nitrogen and oxygen atoms in total. The van der Waals surface area contributed by atoms with Crippen LogP contribution in [0.4, 0.5) is 5.95 Å². The minimum Gasteiger partial charge on any atom is -0.497 e. The molecule has 1 atom stereocenters. The van der Waals surface area contributed by atoms with E-state index in [1.54, 1.807) is 13.3 Å². The number of rotatable bonds is 6. The molecule has 0 spiro atoms. The summed E-state index contributed by atoms with van der Waals surface area (Å²) in [6, 6.07) is 9.79. The summed E-state index contributed by atoms with van der Waals surface area (Å²) < 4.78 is 16.6. The average molecular weight is 366 g/mol. The first-order valence-corrected chi connectivity index (χ1v) is 9.02. The summed E-state index contributed by atoms with van der Waals surface area (Å²) in [4.78, 5) is 9.19. The molecular weight excluding hydrogens is 344 g/mol. The van der Waals surface area contributed by atoms with Gasteiger partial charge in [0.2, 0.25) is 5.95 Å². The van der Waals surface area contributed by atoms with E-state index in [-0.39, 0.29) is 6.10 Å². The van der Waals surface area contributed by atoms with Crippen LogP contribution in [0.25, 0.3) is 11.3 Å². The lowest BCUT2D eigenvalue weighted by Crippen LogP contribution is -2.09. The summed E-state index contributed by atoms with van der Waals surface area (Å²) in [5, 5.41) is 7.26. The third-order valence-electron chi connectivity index (χ3n) is 4.53. The molecule has 0 amide bonds. The maximum atomic E-state index is 5.86. The maximum Gasteiger partial charge on any atom is 0.223 e. The first-order valence-electron chi connectivity index (χ1n) is 9.02. The quantitative estimate of drug-likeness (QED) is 0.708. The lowest BCUT2D eigenvalue weighted by atomic mass is 10.1. The Kier molecular flexibility index (Phi) is 5.02. The fourth-order valence-electron chi connectivity index (χ4n) is 3.16. The van der Waals surface area contributed by atoms with Crippen molar-refractivity contribution in [1.29, 1.82) is 0 Å². The Labute approximate surface area is 157 Å². The van der Waals surface area contributed by atoms with Crippen LogP contribution in [-0.4, -0.2) is 28.8 Å². The number of aryl methyl sites for hydroxylation is 1. The molecule has 1 fully saturated rings. The van der Waals surface area contributed by atoms with E-state index in [9.17, 15) is 0 Å². The van der Waals surface area contributed by atoms with Crippen LogP contribution < -0.4 is 10.1 Å². The number of methoxy groups -OCH3 is 1. The second kappa shape index (κ2) is 7.75. The van der Waals surface area contributed by atoms with Crippen LogP contribution in [0.15, 0.2) is 41.1 Å². The van der Waals surface area contributed by atoms with E-state index < -0.39 is 0 Å². The number of hydrogen-bond acceptors (Lipinski definition) is 7. The van der Waals surface area contributed by atoms with Crippen molar-refractivity contribution in [3.8, 4) is 17.1 Å². The molecule has 3 heterocycles. The van der Waals surface area contributed by atoms with Gasteiger partial charge in [-0.2, -0.15) is 0 Å². The van der Waals surface area contributed by atoms with E-state index >= 15 is 0 Å². The molecule has 4 rings (SSSR count). The second-order valence-electron chi connectivity index (χ2n) is 6.53. The number of aromatic nitrogens is 3. The highest BCUT2D eigenvalue weighted by Gasteiger charge is 2.25. The van der Waals surface area contributed by atoms with Crippen molar-refractivity contribution in [2.75, 3.05) is 19.0 Å². The van der Waals surface area contributed by atoms with Crippen LogP contribution in [-0.2, 0) is 11.3 Å². The minimum atomic E-state index is -0.0502. The van der Waals surface area contributed by atoms with Gasteiger partial charge in [-0.25, -0.2) is 9.97 Å². The molecule has 1 N–H and O–H groups in total. The number of ether oxygens (including phenoxy) is 2. The van der Waals surface area contributed by atoms with Gasteiger partial charge >= 0.3 is 0 Å². The van der Waals surface area contributed by atoms with Gasteiger partial charge < -0.3 is 19.3 Å². The topological polar surface area (TPSA) is 82.3 Å². The van der Waals surface area contributed by atoms with Gasteiger partial charge in [0, 0.05) is 25.4 Å². The monoisotopic (exact) mass is 366 g/mol. The first-order chi connectivity index (χ1) is 13.2. The predicted octanol–water partition coefficient (Wildman–Crippen LogP) is 3.91. The normalized spacial score (nSPS) is 16.4. The summed E-state index contributed by atoms with van der Waals surface area (Å²) in [7, 11) is 1.66. The van der Waals surface area contributed by atoms with Crippen molar-refractivity contribution < 1.29 is 14.0 Å². The van der Waals surface area contributed by atoms with Crippen LogP contribution in [0.1, 0.15) is 35.9 Å². The van der Waals surface area contributed by atoms with E-state index in [2.05, 4.69) is 15.5 Å². The predicted molar refractivity (Wildman–Crippen MR) is 101 cm³/mol. The van der Waals surface area contributed by atoms with Crippen LogP contribution in [0.3, 0.4) is 0 Å². The summed E-state index contributed by atoms with van der Waals surface area (Å²) in [6.45, 7) is 3.24. The van der Waals surface area contributed by atoms with Crippen LogP contribution >= 0.6 is 0 Å². The van der Waals surface area contributed by atoms with E-state index in [0.29, 0.717) is 18.3 Å². The second-order valence-corrected chi connectivity index (χ2v) is 6.53. The Morgan fingerprint density at radius 3 is 2.96 bits per heavy atom. The van der Waals surface area contributed by atoms with Crippen molar-refractivity contribution in [2.24, 2.45) is 0 Å². The Hall–Kier alpha value is -2.93. The number of nitrogens with one attached hydrogen (secondary N) is 1. The van der Waals surface area contributed by atoms with Gasteiger partial charge in [0.05, 0.1) is 24.1 Å². The third-order valence-corrected chi connectivity index (χ3v) is 4.53. The van der Waals surface area contributed by atoms with Gasteiger partial charge in [0.15, 0.2) is 5.76 Å². The third kappa shape index (κ3) is 3.93. The molecule has 0 aliphatic carbocycles. The first kappa shape index (κ1) is 17.5. The lowest BCUT2D eigenvalue weighted by molar-refractivity contribution is 0.109. The molecule has 2 aromatic heterocycles. The molecule has 140 valence electrons. The van der Waals surface area contributed by atoms with Gasteiger partial charge in [0.25, 0.3) is 0 Å². The standard InChI is InChI=1S/C20H22N4O3/c1-13-9-18(27-24-13)16-12-22-20(23-19(16)17-7-4-8-26-17)21-11-14-5-3-6-15(10-14)25-2/h3,5-6,9-10,12,17H,4,7-8,11H2,1-2H3,(H,21,22,23). The highest BCUT2D eigenvalue weighted by Crippen LogP contribution is 2.34. The fourth-order valence-corrected chi connectivity index (χ4v) is 3.16. The zero-order valence-corrected chi connectivity index (χ0v) is 15.4. The average Bonchev–Trinajstić information content (AvgIpc) is 3.38. The number of anilines is 1.